The predicted molar refractivity (Wildman–Crippen MR) is 255 cm³/mol. The van der Waals surface area contributed by atoms with Crippen LogP contribution in [0.1, 0.15) is 34.6 Å². The summed E-state index contributed by atoms with van der Waals surface area (Å²) in [5, 5.41) is 5.10. The third-order valence-electron chi connectivity index (χ3n) is 12.3. The molecule has 2 aromatic heterocycles. The third kappa shape index (κ3) is 5.99. The Labute approximate surface area is 349 Å². The molecule has 0 amide bonds. The Balaban J connectivity index is 1.04. The number of aromatic nitrogens is 1. The van der Waals surface area contributed by atoms with Crippen LogP contribution in [0.15, 0.2) is 207 Å². The molecular weight excluding hydrogens is 731 g/mol. The first-order chi connectivity index (χ1) is 29.1. The van der Waals surface area contributed by atoms with Gasteiger partial charge in [0.1, 0.15) is 0 Å². The molecular formula is C57H41NS. The summed E-state index contributed by atoms with van der Waals surface area (Å²) < 4.78 is 5.15. The highest BCUT2D eigenvalue weighted by Gasteiger charge is 2.23. The van der Waals surface area contributed by atoms with Crippen molar-refractivity contribution in [3.05, 3.63) is 229 Å². The number of rotatable bonds is 7. The van der Waals surface area contributed by atoms with Crippen LogP contribution in [0.4, 0.5) is 0 Å². The van der Waals surface area contributed by atoms with Crippen molar-refractivity contribution in [1.82, 2.24) is 4.57 Å². The first kappa shape index (κ1) is 35.2. The van der Waals surface area contributed by atoms with E-state index in [0.29, 0.717) is 0 Å². The molecule has 59 heavy (non-hydrogen) atoms. The van der Waals surface area contributed by atoms with Crippen LogP contribution >= 0.6 is 11.3 Å². The van der Waals surface area contributed by atoms with Crippen molar-refractivity contribution < 1.29 is 0 Å². The molecule has 280 valence electrons. The SMILES string of the molecule is C=C(c1ccc2sc3ccccc3c2c1)c1ccccc1-c1cc(-c2ccc3c(c2)c2ccccc2n3-c2c(-c3ccccc3)cccc2C2C=CC=CC2)ccc1C. The maximum Gasteiger partial charge on any atom is 0.0578 e. The summed E-state index contributed by atoms with van der Waals surface area (Å²) in [5.74, 6) is 0.289. The van der Waals surface area contributed by atoms with E-state index in [1.165, 1.54) is 92.2 Å². The van der Waals surface area contributed by atoms with Gasteiger partial charge in [-0.05, 0) is 111 Å². The normalized spacial score (nSPS) is 13.9. The van der Waals surface area contributed by atoms with Gasteiger partial charge in [-0.15, -0.1) is 11.3 Å². The topological polar surface area (TPSA) is 4.93 Å². The molecule has 10 aromatic rings. The van der Waals surface area contributed by atoms with Crippen LogP contribution in [0.3, 0.4) is 0 Å². The number of nitrogens with zero attached hydrogens (tertiary/aromatic N) is 1. The lowest BCUT2D eigenvalue weighted by Crippen LogP contribution is -2.06. The third-order valence-corrected chi connectivity index (χ3v) is 13.4. The van der Waals surface area contributed by atoms with Gasteiger partial charge in [-0.3, -0.25) is 0 Å². The molecule has 0 bridgehead atoms. The number of hydrogen-bond donors (Lipinski definition) is 0. The molecule has 0 spiro atoms. The first-order valence-corrected chi connectivity index (χ1v) is 21.3. The summed E-state index contributed by atoms with van der Waals surface area (Å²) in [7, 11) is 0. The van der Waals surface area contributed by atoms with E-state index >= 15 is 0 Å². The summed E-state index contributed by atoms with van der Waals surface area (Å²) in [6.45, 7) is 6.93. The molecule has 1 aliphatic rings. The molecule has 1 atom stereocenters. The lowest BCUT2D eigenvalue weighted by Gasteiger charge is -2.23. The Bertz CT molecular complexity index is 3330. The first-order valence-electron chi connectivity index (χ1n) is 20.5. The molecule has 0 saturated heterocycles. The number of fused-ring (bicyclic) bond motifs is 6. The Morgan fingerprint density at radius 2 is 1.27 bits per heavy atom. The van der Waals surface area contributed by atoms with Crippen molar-refractivity contribution in [3.63, 3.8) is 0 Å². The average Bonchev–Trinajstić information content (AvgIpc) is 3.84. The highest BCUT2D eigenvalue weighted by molar-refractivity contribution is 7.25. The molecule has 2 heteroatoms. The lowest BCUT2D eigenvalue weighted by atomic mass is 9.88. The summed E-state index contributed by atoms with van der Waals surface area (Å²) >= 11 is 1.85. The lowest BCUT2D eigenvalue weighted by molar-refractivity contribution is 0.844. The largest absolute Gasteiger partial charge is 0.308 e. The molecule has 1 aliphatic carbocycles. The second kappa shape index (κ2) is 14.4. The van der Waals surface area contributed by atoms with E-state index < -0.39 is 0 Å². The van der Waals surface area contributed by atoms with E-state index in [4.69, 9.17) is 6.58 Å². The quantitative estimate of drug-likeness (QED) is 0.152. The van der Waals surface area contributed by atoms with E-state index in [1.54, 1.807) is 0 Å². The fourth-order valence-corrected chi connectivity index (χ4v) is 10.4. The molecule has 0 aliphatic heterocycles. The molecule has 11 rings (SSSR count). The van der Waals surface area contributed by atoms with Gasteiger partial charge in [-0.1, -0.05) is 164 Å². The zero-order valence-electron chi connectivity index (χ0n) is 32.9. The fraction of sp³-hybridized carbons (Fsp3) is 0.0526. The Hall–Kier alpha value is -7.00. The maximum atomic E-state index is 4.71. The summed E-state index contributed by atoms with van der Waals surface area (Å²) in [6, 6.07) is 64.8. The van der Waals surface area contributed by atoms with E-state index in [9.17, 15) is 0 Å². The van der Waals surface area contributed by atoms with Gasteiger partial charge >= 0.3 is 0 Å². The molecule has 0 saturated carbocycles. The molecule has 0 fully saturated rings. The second-order valence-electron chi connectivity index (χ2n) is 15.7. The van der Waals surface area contributed by atoms with Crippen molar-refractivity contribution >= 4 is 58.9 Å². The van der Waals surface area contributed by atoms with Crippen LogP contribution < -0.4 is 0 Å². The summed E-state index contributed by atoms with van der Waals surface area (Å²) in [5.41, 5.74) is 16.9. The number of hydrogen-bond acceptors (Lipinski definition) is 1. The summed E-state index contributed by atoms with van der Waals surface area (Å²) in [4.78, 5) is 0. The number of thiophene rings is 1. The van der Waals surface area contributed by atoms with Crippen molar-refractivity contribution in [2.45, 2.75) is 19.3 Å². The zero-order valence-corrected chi connectivity index (χ0v) is 33.7. The summed E-state index contributed by atoms with van der Waals surface area (Å²) in [6.07, 6.45) is 9.98. The van der Waals surface area contributed by atoms with Gasteiger partial charge in [-0.25, -0.2) is 0 Å². The Morgan fingerprint density at radius 1 is 0.542 bits per heavy atom. The van der Waals surface area contributed by atoms with Crippen molar-refractivity contribution in [2.24, 2.45) is 0 Å². The second-order valence-corrected chi connectivity index (χ2v) is 16.8. The number of para-hydroxylation sites is 2. The smallest absolute Gasteiger partial charge is 0.0578 e. The van der Waals surface area contributed by atoms with Gasteiger partial charge in [0, 0.05) is 42.4 Å². The van der Waals surface area contributed by atoms with Crippen molar-refractivity contribution in [2.75, 3.05) is 0 Å². The van der Waals surface area contributed by atoms with E-state index in [1.807, 2.05) is 11.3 Å². The van der Waals surface area contributed by atoms with Crippen LogP contribution in [0.2, 0.25) is 0 Å². The minimum atomic E-state index is 0.289. The van der Waals surface area contributed by atoms with Gasteiger partial charge in [0.25, 0.3) is 0 Å². The maximum absolute atomic E-state index is 4.71. The molecule has 2 heterocycles. The Kier molecular flexibility index (Phi) is 8.61. The number of aryl methyl sites for hydroxylation is 1. The standard InChI is InChI=1S/C57H41NS/c1-37-28-29-42(35-50(37)47-21-10-9-20-44(47)38(2)41-31-33-56-52(34-41)49-23-12-14-27-55(49)59-56)43-30-32-54-51(36-43)48-22-11-13-26-53(48)58(54)57-45(39-16-5-3-6-17-39)24-15-25-46(57)40-18-7-4-8-19-40/h3-18,20-36,40H,2,19H2,1H3. The zero-order chi connectivity index (χ0) is 39.5. The van der Waals surface area contributed by atoms with Crippen molar-refractivity contribution in [1.29, 1.82) is 0 Å². The average molecular weight is 772 g/mol. The molecule has 0 N–H and O–H groups in total. The van der Waals surface area contributed by atoms with E-state index in [-0.39, 0.29) is 5.92 Å². The van der Waals surface area contributed by atoms with Crippen molar-refractivity contribution in [3.8, 4) is 39.1 Å². The van der Waals surface area contributed by atoms with Gasteiger partial charge in [-0.2, -0.15) is 0 Å². The van der Waals surface area contributed by atoms with Gasteiger partial charge in [0.15, 0.2) is 0 Å². The number of benzene rings is 8. The van der Waals surface area contributed by atoms with Crippen LogP contribution in [0, 0.1) is 6.92 Å². The van der Waals surface area contributed by atoms with Crippen LogP contribution in [0.25, 0.3) is 86.6 Å². The Morgan fingerprint density at radius 3 is 2.15 bits per heavy atom. The molecule has 8 aromatic carbocycles. The van der Waals surface area contributed by atoms with Crippen LogP contribution in [-0.2, 0) is 0 Å². The van der Waals surface area contributed by atoms with Gasteiger partial charge in [0.05, 0.1) is 16.7 Å². The molecule has 1 nitrogen and oxygen atoms in total. The van der Waals surface area contributed by atoms with Gasteiger partial charge < -0.3 is 4.57 Å². The monoisotopic (exact) mass is 771 g/mol. The number of allylic oxidation sites excluding steroid dienone is 4. The van der Waals surface area contributed by atoms with Crippen LogP contribution in [-0.4, -0.2) is 4.57 Å². The highest BCUT2D eigenvalue weighted by atomic mass is 32.1. The molecule has 0 radical (unpaired) electrons. The minimum Gasteiger partial charge on any atom is -0.308 e. The fourth-order valence-electron chi connectivity index (χ4n) is 9.31. The van der Waals surface area contributed by atoms with Gasteiger partial charge in [0.2, 0.25) is 0 Å². The molecule has 1 unspecified atom stereocenters. The predicted octanol–water partition coefficient (Wildman–Crippen LogP) is 16.1. The highest BCUT2D eigenvalue weighted by Crippen LogP contribution is 2.44. The van der Waals surface area contributed by atoms with Crippen LogP contribution in [0.5, 0.6) is 0 Å². The van der Waals surface area contributed by atoms with E-state index in [0.717, 1.165) is 23.1 Å². The van der Waals surface area contributed by atoms with E-state index in [2.05, 4.69) is 212 Å². The minimum absolute atomic E-state index is 0.289.